The molecule has 0 saturated heterocycles. The van der Waals surface area contributed by atoms with Crippen LogP contribution in [0.5, 0.6) is 0 Å². The van der Waals surface area contributed by atoms with Gasteiger partial charge in [0.15, 0.2) is 6.10 Å². The normalized spacial score (nSPS) is 12.9. The lowest BCUT2D eigenvalue weighted by atomic mass is 10.1. The Bertz CT molecular complexity index is 946. The van der Waals surface area contributed by atoms with Crippen molar-refractivity contribution in [2.45, 2.75) is 38.7 Å². The van der Waals surface area contributed by atoms with E-state index in [4.69, 9.17) is 9.47 Å². The van der Waals surface area contributed by atoms with E-state index < -0.39 is 34.6 Å². The summed E-state index contributed by atoms with van der Waals surface area (Å²) in [5, 5.41) is 0. The van der Waals surface area contributed by atoms with Gasteiger partial charge in [-0.1, -0.05) is 19.1 Å². The highest BCUT2D eigenvalue weighted by Gasteiger charge is 2.28. The smallest absolute Gasteiger partial charge is 0.340 e. The average molecular weight is 405 g/mol. The van der Waals surface area contributed by atoms with E-state index in [0.29, 0.717) is 21.9 Å². The highest BCUT2D eigenvalue weighted by atomic mass is 32.2. The zero-order valence-electron chi connectivity index (χ0n) is 16.5. The number of aromatic nitrogens is 1. The first kappa shape index (κ1) is 21.6. The number of nitrogens with one attached hydrogen (secondary N) is 1. The number of Topliss-reactive ketones (excluding diaryl/α,β-unsaturated/α-hetero) is 1. The van der Waals surface area contributed by atoms with Crippen molar-refractivity contribution in [1.29, 1.82) is 0 Å². The number of ketones is 1. The number of esters is 2. The van der Waals surface area contributed by atoms with Gasteiger partial charge in [0.1, 0.15) is 0 Å². The molecule has 28 heavy (non-hydrogen) atoms. The molecular formula is C20H23NO6S. The lowest BCUT2D eigenvalue weighted by Crippen LogP contribution is -2.26. The van der Waals surface area contributed by atoms with E-state index in [0.717, 1.165) is 0 Å². The van der Waals surface area contributed by atoms with Gasteiger partial charge in [-0.25, -0.2) is 9.59 Å². The summed E-state index contributed by atoms with van der Waals surface area (Å²) in [4.78, 5) is 40.4. The van der Waals surface area contributed by atoms with Gasteiger partial charge < -0.3 is 14.5 Å². The Hall–Kier alpha value is -2.74. The van der Waals surface area contributed by atoms with Gasteiger partial charge in [0.05, 0.1) is 39.6 Å². The number of hydrogen-bond donors (Lipinski definition) is 1. The number of aryl methyl sites for hydroxylation is 1. The second-order valence-corrected chi connectivity index (χ2v) is 7.87. The van der Waals surface area contributed by atoms with Gasteiger partial charge in [-0.2, -0.15) is 0 Å². The molecule has 0 radical (unpaired) electrons. The zero-order chi connectivity index (χ0) is 21.0. The van der Waals surface area contributed by atoms with Crippen LogP contribution in [0.2, 0.25) is 0 Å². The largest absolute Gasteiger partial charge is 0.465 e. The van der Waals surface area contributed by atoms with Crippen LogP contribution in [-0.4, -0.2) is 45.9 Å². The van der Waals surface area contributed by atoms with Crippen LogP contribution in [0.25, 0.3) is 0 Å². The number of benzene rings is 1. The van der Waals surface area contributed by atoms with Gasteiger partial charge in [0.2, 0.25) is 5.78 Å². The van der Waals surface area contributed by atoms with Crippen LogP contribution in [0.1, 0.15) is 56.3 Å². The first-order valence-electron chi connectivity index (χ1n) is 8.72. The summed E-state index contributed by atoms with van der Waals surface area (Å²) in [5.41, 5.74) is 1.56. The zero-order valence-corrected chi connectivity index (χ0v) is 17.3. The van der Waals surface area contributed by atoms with Crippen LogP contribution in [-0.2, 0) is 20.3 Å². The maximum Gasteiger partial charge on any atom is 0.340 e. The third-order valence-corrected chi connectivity index (χ3v) is 5.71. The van der Waals surface area contributed by atoms with Crippen molar-refractivity contribution < 1.29 is 28.1 Å². The van der Waals surface area contributed by atoms with Crippen molar-refractivity contribution in [1.82, 2.24) is 4.98 Å². The number of hydrogen-bond acceptors (Lipinski definition) is 6. The Morgan fingerprint density at radius 1 is 1.14 bits per heavy atom. The van der Waals surface area contributed by atoms with Crippen LogP contribution in [0.3, 0.4) is 0 Å². The topological polar surface area (TPSA) is 103 Å². The van der Waals surface area contributed by atoms with Gasteiger partial charge in [0, 0.05) is 11.4 Å². The molecular weight excluding hydrogens is 382 g/mol. The molecule has 0 aliphatic carbocycles. The molecule has 0 saturated carbocycles. The number of carbonyl (C=O) groups is 3. The van der Waals surface area contributed by atoms with E-state index in [1.54, 1.807) is 39.0 Å². The molecule has 7 nitrogen and oxygen atoms in total. The lowest BCUT2D eigenvalue weighted by Gasteiger charge is -2.14. The summed E-state index contributed by atoms with van der Waals surface area (Å²) < 4.78 is 22.2. The maximum absolute atomic E-state index is 12.8. The highest BCUT2D eigenvalue weighted by Crippen LogP contribution is 2.22. The minimum Gasteiger partial charge on any atom is -0.465 e. The van der Waals surface area contributed by atoms with E-state index >= 15 is 0 Å². The summed E-state index contributed by atoms with van der Waals surface area (Å²) in [7, 11) is -0.0755. The summed E-state index contributed by atoms with van der Waals surface area (Å²) in [6, 6.07) is 6.44. The molecule has 0 fully saturated rings. The Labute approximate surface area is 165 Å². The number of rotatable bonds is 7. The Kier molecular flexibility index (Phi) is 6.90. The predicted octanol–water partition coefficient (Wildman–Crippen LogP) is 2.97. The van der Waals surface area contributed by atoms with Crippen LogP contribution in [0.15, 0.2) is 29.2 Å². The van der Waals surface area contributed by atoms with Crippen LogP contribution in [0.4, 0.5) is 0 Å². The Morgan fingerprint density at radius 2 is 1.79 bits per heavy atom. The third-order valence-electron chi connectivity index (χ3n) is 4.34. The maximum atomic E-state index is 12.8. The van der Waals surface area contributed by atoms with Gasteiger partial charge in [-0.05, 0) is 38.5 Å². The molecule has 2 aromatic rings. The molecule has 0 bridgehead atoms. The second kappa shape index (κ2) is 8.97. The Balaban J connectivity index is 2.26. The van der Waals surface area contributed by atoms with Gasteiger partial charge in [0.25, 0.3) is 0 Å². The molecule has 0 aliphatic heterocycles. The van der Waals surface area contributed by atoms with Crippen molar-refractivity contribution in [3.8, 4) is 0 Å². The fourth-order valence-electron chi connectivity index (χ4n) is 2.87. The van der Waals surface area contributed by atoms with Crippen molar-refractivity contribution in [2.75, 3.05) is 12.9 Å². The second-order valence-electron chi connectivity index (χ2n) is 6.16. The SMILES string of the molecule is CC[S@](=O)c1ccccc1C(=O)O[C@H](C)C(=O)c1[nH]c(C)c(C(=O)OC)c1C. The van der Waals surface area contributed by atoms with Crippen LogP contribution < -0.4 is 0 Å². The minimum absolute atomic E-state index is 0.164. The molecule has 1 aromatic heterocycles. The van der Waals surface area contributed by atoms with Gasteiger partial charge in [-0.15, -0.1) is 0 Å². The van der Waals surface area contributed by atoms with Gasteiger partial charge in [-0.3, -0.25) is 9.00 Å². The monoisotopic (exact) mass is 405 g/mol. The number of H-pyrrole nitrogens is 1. The molecule has 0 spiro atoms. The fraction of sp³-hybridized carbons (Fsp3) is 0.350. The van der Waals surface area contributed by atoms with Crippen molar-refractivity contribution in [3.05, 3.63) is 52.3 Å². The average Bonchev–Trinajstić information content (AvgIpc) is 2.99. The molecule has 8 heteroatoms. The van der Waals surface area contributed by atoms with Crippen molar-refractivity contribution in [2.24, 2.45) is 0 Å². The van der Waals surface area contributed by atoms with E-state index in [2.05, 4.69) is 4.98 Å². The lowest BCUT2D eigenvalue weighted by molar-refractivity contribution is 0.0313. The first-order valence-corrected chi connectivity index (χ1v) is 10.0. The first-order chi connectivity index (χ1) is 13.2. The molecule has 150 valence electrons. The number of ether oxygens (including phenoxy) is 2. The van der Waals surface area contributed by atoms with E-state index in [1.807, 2.05) is 0 Å². The number of carbonyl (C=O) groups excluding carboxylic acids is 3. The van der Waals surface area contributed by atoms with Crippen LogP contribution in [0, 0.1) is 13.8 Å². The van der Waals surface area contributed by atoms with Crippen molar-refractivity contribution >= 4 is 28.5 Å². The van der Waals surface area contributed by atoms with E-state index in [-0.39, 0.29) is 16.8 Å². The minimum atomic E-state index is -1.34. The molecule has 0 unspecified atom stereocenters. The molecule has 2 rings (SSSR count). The molecule has 1 aromatic carbocycles. The number of aromatic amines is 1. The summed E-state index contributed by atoms with van der Waals surface area (Å²) >= 11 is 0. The quantitative estimate of drug-likeness (QED) is 0.561. The Morgan fingerprint density at radius 3 is 2.39 bits per heavy atom. The third kappa shape index (κ3) is 4.22. The standard InChI is InChI=1S/C20H23NO6S/c1-6-28(25)15-10-8-7-9-14(15)19(23)27-13(4)18(22)17-11(2)16(12(3)21-17)20(24)26-5/h7-10,13,21H,6H2,1-5H3/t13-,28+/m1/s1. The molecule has 2 atom stereocenters. The predicted molar refractivity (Wildman–Crippen MR) is 104 cm³/mol. The number of methoxy groups -OCH3 is 1. The molecule has 0 amide bonds. The van der Waals surface area contributed by atoms with Crippen molar-refractivity contribution in [3.63, 3.8) is 0 Å². The van der Waals surface area contributed by atoms with Crippen LogP contribution >= 0.6 is 0 Å². The summed E-state index contributed by atoms with van der Waals surface area (Å²) in [5.74, 6) is -1.40. The fourth-order valence-corrected chi connectivity index (χ4v) is 3.81. The summed E-state index contributed by atoms with van der Waals surface area (Å²) in [6.07, 6.45) is -1.10. The molecule has 1 N–H and O–H groups in total. The molecule has 1 heterocycles. The van der Waals surface area contributed by atoms with E-state index in [9.17, 15) is 18.6 Å². The highest BCUT2D eigenvalue weighted by molar-refractivity contribution is 7.85. The summed E-state index contributed by atoms with van der Waals surface area (Å²) in [6.45, 7) is 6.48. The molecule has 0 aliphatic rings. The van der Waals surface area contributed by atoms with Gasteiger partial charge >= 0.3 is 11.9 Å². The van der Waals surface area contributed by atoms with E-state index in [1.165, 1.54) is 20.1 Å².